The molecular weight excluding hydrogens is 1440 g/mol. The van der Waals surface area contributed by atoms with Gasteiger partial charge in [0.05, 0.1) is 38.6 Å². The maximum Gasteiger partial charge on any atom is 0.220 e. The van der Waals surface area contributed by atoms with Crippen LogP contribution in [0.4, 0.5) is 0 Å². The summed E-state index contributed by atoms with van der Waals surface area (Å²) < 4.78 is 34.5. The van der Waals surface area contributed by atoms with E-state index in [4.69, 9.17) is 28.4 Å². The molecule has 0 radical (unpaired) electrons. The Hall–Kier alpha value is -2.51. The van der Waals surface area contributed by atoms with Crippen molar-refractivity contribution in [3.05, 3.63) is 60.8 Å². The van der Waals surface area contributed by atoms with Gasteiger partial charge >= 0.3 is 0 Å². The van der Waals surface area contributed by atoms with Gasteiger partial charge in [0.25, 0.3) is 0 Å². The first-order valence-corrected chi connectivity index (χ1v) is 47.5. The zero-order chi connectivity index (χ0) is 82.4. The van der Waals surface area contributed by atoms with E-state index in [-0.39, 0.29) is 18.9 Å². The predicted molar refractivity (Wildman–Crippen MR) is 462 cm³/mol. The van der Waals surface area contributed by atoms with E-state index in [0.29, 0.717) is 12.8 Å². The van der Waals surface area contributed by atoms with Gasteiger partial charge in [-0.05, 0) is 77.0 Å². The smallest absolute Gasteiger partial charge is 0.220 e. The molecule has 19 heteroatoms. The fourth-order valence-electron chi connectivity index (χ4n) is 16.0. The number of allylic oxidation sites excluding steroid dienone is 9. The number of hydrogen-bond donors (Lipinski definition) is 12. The van der Waals surface area contributed by atoms with Gasteiger partial charge in [-0.3, -0.25) is 4.79 Å². The van der Waals surface area contributed by atoms with Gasteiger partial charge in [-0.1, -0.05) is 383 Å². The average molecular weight is 1620 g/mol. The van der Waals surface area contributed by atoms with Gasteiger partial charge in [0.2, 0.25) is 5.91 Å². The SMILES string of the molecule is CCCCCCC/C=C\C/C=C\CCCCCCCCCCCCCCCCCCCCCCCCCCCCCCCC(=O)NC(COC1OC(CO)C(OC2OC(CO)C(OC3OC(CO)C(O)C(O)C3O)C(O)C2O)C(O)C1O)C(O)/C=C/CC/C=C/CC/C=C/CCCCCCCCCCCCCCCCCCCC. The number of amides is 1. The largest absolute Gasteiger partial charge is 0.394 e. The number of hydrogen-bond acceptors (Lipinski definition) is 18. The first-order chi connectivity index (χ1) is 55.8. The van der Waals surface area contributed by atoms with E-state index < -0.39 is 124 Å². The summed E-state index contributed by atoms with van der Waals surface area (Å²) in [5.74, 6) is -0.282. The molecular formula is C95H175NO18. The monoisotopic (exact) mass is 1620 g/mol. The third-order valence-corrected chi connectivity index (χ3v) is 23.5. The number of aliphatic hydroxyl groups excluding tert-OH is 11. The summed E-state index contributed by atoms with van der Waals surface area (Å²) in [6.07, 6.45) is 72.6. The molecule has 0 aliphatic carbocycles. The number of rotatable bonds is 78. The van der Waals surface area contributed by atoms with E-state index >= 15 is 0 Å². The summed E-state index contributed by atoms with van der Waals surface area (Å²) in [5, 5.41) is 121. The maximum atomic E-state index is 13.5. The van der Waals surface area contributed by atoms with Crippen LogP contribution in [-0.2, 0) is 33.2 Å². The molecule has 12 N–H and O–H groups in total. The highest BCUT2D eigenvalue weighted by Crippen LogP contribution is 2.34. The molecule has 3 saturated heterocycles. The van der Waals surface area contributed by atoms with Crippen LogP contribution in [-0.4, -0.2) is 193 Å². The van der Waals surface area contributed by atoms with Gasteiger partial charge in [-0.2, -0.15) is 0 Å². The highest BCUT2D eigenvalue weighted by Gasteiger charge is 2.54. The molecule has 114 heavy (non-hydrogen) atoms. The zero-order valence-electron chi connectivity index (χ0n) is 72.3. The minimum absolute atomic E-state index is 0.235. The van der Waals surface area contributed by atoms with Gasteiger partial charge in [-0.15, -0.1) is 0 Å². The highest BCUT2D eigenvalue weighted by atomic mass is 16.8. The van der Waals surface area contributed by atoms with Crippen molar-refractivity contribution in [2.75, 3.05) is 26.4 Å². The lowest BCUT2D eigenvalue weighted by Gasteiger charge is -2.48. The van der Waals surface area contributed by atoms with Crippen molar-refractivity contribution in [1.29, 1.82) is 0 Å². The van der Waals surface area contributed by atoms with Crippen LogP contribution >= 0.6 is 0 Å². The molecule has 1 amide bonds. The summed E-state index contributed by atoms with van der Waals surface area (Å²) >= 11 is 0. The van der Waals surface area contributed by atoms with Crippen LogP contribution < -0.4 is 5.32 Å². The number of ether oxygens (including phenoxy) is 6. The van der Waals surface area contributed by atoms with Gasteiger partial charge in [0, 0.05) is 6.42 Å². The minimum atomic E-state index is -1.98. The van der Waals surface area contributed by atoms with E-state index in [9.17, 15) is 61.0 Å². The van der Waals surface area contributed by atoms with E-state index in [1.54, 1.807) is 6.08 Å². The van der Waals surface area contributed by atoms with Crippen LogP contribution in [0.25, 0.3) is 0 Å². The molecule has 3 heterocycles. The van der Waals surface area contributed by atoms with E-state index in [1.807, 2.05) is 6.08 Å². The Morgan fingerprint density at radius 1 is 0.316 bits per heavy atom. The zero-order valence-corrected chi connectivity index (χ0v) is 72.3. The molecule has 0 aromatic rings. The van der Waals surface area contributed by atoms with Crippen molar-refractivity contribution < 1.29 is 89.4 Å². The molecule has 17 atom stereocenters. The second-order valence-corrected chi connectivity index (χ2v) is 33.8. The molecule has 3 aliphatic heterocycles. The Bertz CT molecular complexity index is 2290. The van der Waals surface area contributed by atoms with Crippen LogP contribution in [0.1, 0.15) is 406 Å². The number of carbonyl (C=O) groups excluding carboxylic acids is 1. The van der Waals surface area contributed by atoms with Crippen molar-refractivity contribution in [3.63, 3.8) is 0 Å². The molecule has 0 saturated carbocycles. The van der Waals surface area contributed by atoms with E-state index in [0.717, 1.165) is 51.4 Å². The van der Waals surface area contributed by atoms with E-state index in [2.05, 4.69) is 67.8 Å². The highest BCUT2D eigenvalue weighted by molar-refractivity contribution is 5.76. The second kappa shape index (κ2) is 74.3. The quantitative estimate of drug-likeness (QED) is 0.0199. The van der Waals surface area contributed by atoms with Crippen molar-refractivity contribution in [3.8, 4) is 0 Å². The first kappa shape index (κ1) is 106. The number of aliphatic hydroxyl groups is 11. The first-order valence-electron chi connectivity index (χ1n) is 47.5. The Kier molecular flexibility index (Phi) is 68.9. The molecule has 17 unspecified atom stereocenters. The molecule has 3 fully saturated rings. The fourth-order valence-corrected chi connectivity index (χ4v) is 16.0. The van der Waals surface area contributed by atoms with Crippen LogP contribution in [0.3, 0.4) is 0 Å². The lowest BCUT2D eigenvalue weighted by molar-refractivity contribution is -0.379. The molecule has 3 rings (SSSR count). The number of nitrogens with one attached hydrogen (secondary N) is 1. The molecule has 0 aromatic heterocycles. The Morgan fingerprint density at radius 2 is 0.588 bits per heavy atom. The maximum absolute atomic E-state index is 13.5. The molecule has 19 nitrogen and oxygen atoms in total. The molecule has 0 aromatic carbocycles. The van der Waals surface area contributed by atoms with E-state index in [1.165, 1.54) is 321 Å². The summed E-state index contributed by atoms with van der Waals surface area (Å²) in [5.41, 5.74) is 0. The van der Waals surface area contributed by atoms with Crippen molar-refractivity contribution in [1.82, 2.24) is 5.32 Å². The van der Waals surface area contributed by atoms with Gasteiger partial charge in [0.1, 0.15) is 73.2 Å². The predicted octanol–water partition coefficient (Wildman–Crippen LogP) is 18.9. The topological polar surface area (TPSA) is 307 Å². The van der Waals surface area contributed by atoms with Gasteiger partial charge in [-0.25, -0.2) is 0 Å². The normalized spacial score (nSPS) is 24.9. The van der Waals surface area contributed by atoms with Gasteiger partial charge < -0.3 is 89.9 Å². The summed E-state index contributed by atoms with van der Waals surface area (Å²) in [6, 6.07) is -0.999. The molecule has 3 aliphatic rings. The van der Waals surface area contributed by atoms with Crippen molar-refractivity contribution in [2.45, 2.75) is 510 Å². The number of carbonyl (C=O) groups is 1. The summed E-state index contributed by atoms with van der Waals surface area (Å²) in [4.78, 5) is 13.5. The Morgan fingerprint density at radius 3 is 0.930 bits per heavy atom. The molecule has 668 valence electrons. The second-order valence-electron chi connectivity index (χ2n) is 33.8. The Labute approximate surface area is 694 Å². The number of unbranched alkanes of at least 4 members (excludes halogenated alkanes) is 54. The van der Waals surface area contributed by atoms with Crippen molar-refractivity contribution in [2.24, 2.45) is 0 Å². The van der Waals surface area contributed by atoms with Crippen LogP contribution in [0, 0.1) is 0 Å². The third-order valence-electron chi connectivity index (χ3n) is 23.5. The van der Waals surface area contributed by atoms with Gasteiger partial charge in [0.15, 0.2) is 18.9 Å². The van der Waals surface area contributed by atoms with Crippen LogP contribution in [0.5, 0.6) is 0 Å². The summed E-state index contributed by atoms with van der Waals surface area (Å²) in [6.45, 7) is 1.76. The summed E-state index contributed by atoms with van der Waals surface area (Å²) in [7, 11) is 0. The molecule has 0 bridgehead atoms. The average Bonchev–Trinajstić information content (AvgIpc) is 0.782. The lowest BCUT2D eigenvalue weighted by atomic mass is 9.96. The van der Waals surface area contributed by atoms with Crippen LogP contribution in [0.2, 0.25) is 0 Å². The third kappa shape index (κ3) is 52.0. The lowest BCUT2D eigenvalue weighted by Crippen LogP contribution is -2.66. The minimum Gasteiger partial charge on any atom is -0.394 e. The van der Waals surface area contributed by atoms with Crippen molar-refractivity contribution >= 4 is 5.91 Å². The Balaban J connectivity index is 1.30. The van der Waals surface area contributed by atoms with Crippen LogP contribution in [0.15, 0.2) is 60.8 Å². The fraction of sp³-hybridized carbons (Fsp3) is 0.884. The molecule has 0 spiro atoms. The standard InChI is InChI=1S/C95H175NO18/c1-3-5-7-9-11-13-15-17-19-21-23-25-27-29-31-33-34-35-36-37-38-39-40-41-42-43-44-45-47-49-51-53-55-57-59-61-63-65-67-69-71-73-83(101)96-78(79(100)72-70-68-66-64-62-60-58-56-54-52-50-48-46-32-30-28-26-24-22-20-18-16-14-12-10-8-6-4-2)77-109-93-89(107)86(104)91(81(75-98)111-93)114-95-90(108)87(105)92(82(76-99)112-95)113-94-88(106)85(103)84(102)80(74-97)110-94/h15,17,21,23,54,56,62,64,70,72,78-82,84-95,97-100,102-108H,3-14,16,18-20,22,24-53,55,57-61,63,65-69,71,73-77H2,1-2H3,(H,96,101)/b17-15-,23-21-,56-54+,64-62+,72-70+.